The van der Waals surface area contributed by atoms with Gasteiger partial charge in [0.1, 0.15) is 17.2 Å². The van der Waals surface area contributed by atoms with Crippen LogP contribution < -0.4 is 20.1 Å². The second kappa shape index (κ2) is 11.0. The average Bonchev–Trinajstić information content (AvgIpc) is 2.74. The number of alkyl carbamates (subject to hydrolysis) is 1. The normalized spacial score (nSPS) is 10.8. The first kappa shape index (κ1) is 22.1. The minimum Gasteiger partial charge on any atom is -0.497 e. The van der Waals surface area contributed by atoms with E-state index < -0.39 is 6.09 Å². The second-order valence-corrected chi connectivity index (χ2v) is 6.39. The van der Waals surface area contributed by atoms with E-state index in [1.165, 1.54) is 18.9 Å². The molecule has 2 amide bonds. The molecule has 8 nitrogen and oxygen atoms in total. The molecule has 0 saturated carbocycles. The van der Waals surface area contributed by atoms with Crippen LogP contribution in [0.5, 0.6) is 17.2 Å². The standard InChI is InChI=1S/C20H23N3O5S/c1-5-18(24)21-17-12-15(28-14-8-6-7-13(11-14)26-2)9-10-16(17)22-19(29-4)23-20(25)27-3/h6-12H,5H2,1-4H3,(H,21,24)(H,22,23,25). The number of benzene rings is 2. The van der Waals surface area contributed by atoms with E-state index in [0.29, 0.717) is 40.2 Å². The van der Waals surface area contributed by atoms with Gasteiger partial charge < -0.3 is 19.5 Å². The molecule has 0 aromatic heterocycles. The topological polar surface area (TPSA) is 98.3 Å². The van der Waals surface area contributed by atoms with Gasteiger partial charge in [-0.25, -0.2) is 9.79 Å². The van der Waals surface area contributed by atoms with E-state index in [1.54, 1.807) is 50.6 Å². The number of carbonyl (C=O) groups is 2. The molecular formula is C20H23N3O5S. The van der Waals surface area contributed by atoms with Crippen LogP contribution in [0.2, 0.25) is 0 Å². The van der Waals surface area contributed by atoms with Gasteiger partial charge >= 0.3 is 6.09 Å². The van der Waals surface area contributed by atoms with E-state index >= 15 is 0 Å². The van der Waals surface area contributed by atoms with E-state index in [-0.39, 0.29) is 5.91 Å². The number of methoxy groups -OCH3 is 2. The second-order valence-electron chi connectivity index (χ2n) is 5.60. The fourth-order valence-corrected chi connectivity index (χ4v) is 2.56. The summed E-state index contributed by atoms with van der Waals surface area (Å²) in [6, 6.07) is 12.3. The van der Waals surface area contributed by atoms with Gasteiger partial charge in [0, 0.05) is 18.6 Å². The molecule has 9 heteroatoms. The quantitative estimate of drug-likeness (QED) is 0.529. The Morgan fingerprint density at radius 2 is 1.79 bits per heavy atom. The molecule has 0 atom stereocenters. The maximum atomic E-state index is 12.0. The highest BCUT2D eigenvalue weighted by atomic mass is 32.2. The largest absolute Gasteiger partial charge is 0.497 e. The van der Waals surface area contributed by atoms with Gasteiger partial charge in [-0.05, 0) is 30.5 Å². The van der Waals surface area contributed by atoms with Crippen LogP contribution in [0.3, 0.4) is 0 Å². The molecular weight excluding hydrogens is 394 g/mol. The summed E-state index contributed by atoms with van der Waals surface area (Å²) in [5, 5.41) is 5.65. The molecule has 0 spiro atoms. The van der Waals surface area contributed by atoms with Crippen molar-refractivity contribution in [2.24, 2.45) is 4.99 Å². The molecule has 0 unspecified atom stereocenters. The molecule has 0 aliphatic rings. The molecule has 0 aliphatic heterocycles. The molecule has 0 aliphatic carbocycles. The number of hydrogen-bond donors (Lipinski definition) is 2. The molecule has 2 aromatic carbocycles. The lowest BCUT2D eigenvalue weighted by molar-refractivity contribution is -0.115. The number of thioether (sulfide) groups is 1. The van der Waals surface area contributed by atoms with Crippen LogP contribution in [-0.4, -0.2) is 37.6 Å². The van der Waals surface area contributed by atoms with Crippen molar-refractivity contribution in [1.29, 1.82) is 0 Å². The number of nitrogens with zero attached hydrogens (tertiary/aromatic N) is 1. The fraction of sp³-hybridized carbons (Fsp3) is 0.250. The van der Waals surface area contributed by atoms with Crippen LogP contribution in [0.1, 0.15) is 13.3 Å². The van der Waals surface area contributed by atoms with Gasteiger partial charge in [0.15, 0.2) is 5.17 Å². The van der Waals surface area contributed by atoms with Crippen LogP contribution in [0, 0.1) is 0 Å². The summed E-state index contributed by atoms with van der Waals surface area (Å²) in [4.78, 5) is 27.8. The zero-order chi connectivity index (χ0) is 21.2. The Kier molecular flexibility index (Phi) is 8.35. The number of rotatable bonds is 6. The zero-order valence-electron chi connectivity index (χ0n) is 16.6. The number of nitrogens with one attached hydrogen (secondary N) is 2. The summed E-state index contributed by atoms with van der Waals surface area (Å²) in [6.45, 7) is 1.75. The van der Waals surface area contributed by atoms with Crippen molar-refractivity contribution in [1.82, 2.24) is 5.32 Å². The molecule has 154 valence electrons. The van der Waals surface area contributed by atoms with Crippen LogP contribution in [0.4, 0.5) is 16.2 Å². The number of aliphatic imine (C=N–C) groups is 1. The number of amidine groups is 1. The SMILES string of the molecule is CCC(=O)Nc1cc(Oc2cccc(OC)c2)ccc1N=C(NC(=O)OC)SC. The van der Waals surface area contributed by atoms with Crippen molar-refractivity contribution in [2.75, 3.05) is 25.8 Å². The van der Waals surface area contributed by atoms with E-state index in [2.05, 4.69) is 20.4 Å². The van der Waals surface area contributed by atoms with Gasteiger partial charge in [-0.1, -0.05) is 24.8 Å². The Morgan fingerprint density at radius 3 is 2.45 bits per heavy atom. The zero-order valence-corrected chi connectivity index (χ0v) is 17.5. The lowest BCUT2D eigenvalue weighted by Crippen LogP contribution is -2.27. The van der Waals surface area contributed by atoms with Gasteiger partial charge in [-0.15, -0.1) is 0 Å². The van der Waals surface area contributed by atoms with Crippen molar-refractivity contribution in [3.8, 4) is 17.2 Å². The van der Waals surface area contributed by atoms with E-state index in [9.17, 15) is 9.59 Å². The molecule has 2 N–H and O–H groups in total. The third kappa shape index (κ3) is 6.72. The minimum absolute atomic E-state index is 0.174. The lowest BCUT2D eigenvalue weighted by atomic mass is 10.2. The molecule has 0 saturated heterocycles. The number of anilines is 1. The molecule has 0 fully saturated rings. The predicted molar refractivity (Wildman–Crippen MR) is 115 cm³/mol. The van der Waals surface area contributed by atoms with Crippen LogP contribution in [0.25, 0.3) is 0 Å². The summed E-state index contributed by atoms with van der Waals surface area (Å²) in [5.41, 5.74) is 0.918. The molecule has 29 heavy (non-hydrogen) atoms. The van der Waals surface area contributed by atoms with Gasteiger partial charge in [0.2, 0.25) is 5.91 Å². The van der Waals surface area contributed by atoms with Crippen molar-refractivity contribution in [3.63, 3.8) is 0 Å². The fourth-order valence-electron chi connectivity index (χ4n) is 2.19. The van der Waals surface area contributed by atoms with Crippen molar-refractivity contribution < 1.29 is 23.8 Å². The molecule has 2 aromatic rings. The Morgan fingerprint density at radius 1 is 1.07 bits per heavy atom. The van der Waals surface area contributed by atoms with Crippen molar-refractivity contribution in [3.05, 3.63) is 42.5 Å². The number of amides is 2. The maximum Gasteiger partial charge on any atom is 0.412 e. The molecule has 0 radical (unpaired) electrons. The van der Waals surface area contributed by atoms with Crippen molar-refractivity contribution in [2.45, 2.75) is 13.3 Å². The summed E-state index contributed by atoms with van der Waals surface area (Å²) >= 11 is 1.23. The smallest absolute Gasteiger partial charge is 0.412 e. The Balaban J connectivity index is 2.36. The molecule has 2 rings (SSSR count). The Hall–Kier alpha value is -3.20. The highest BCUT2D eigenvalue weighted by Crippen LogP contribution is 2.33. The molecule has 0 bridgehead atoms. The van der Waals surface area contributed by atoms with Gasteiger partial charge in [0.05, 0.1) is 25.6 Å². The third-order valence-electron chi connectivity index (χ3n) is 3.65. The summed E-state index contributed by atoms with van der Waals surface area (Å²) < 4.78 is 15.7. The monoisotopic (exact) mass is 417 g/mol. The third-order valence-corrected chi connectivity index (χ3v) is 4.23. The number of ether oxygens (including phenoxy) is 3. The minimum atomic E-state index is -0.629. The summed E-state index contributed by atoms with van der Waals surface area (Å²) in [7, 11) is 2.85. The first-order valence-corrected chi connectivity index (χ1v) is 9.95. The Labute approximate surface area is 173 Å². The maximum absolute atomic E-state index is 12.0. The predicted octanol–water partition coefficient (Wildman–Crippen LogP) is 4.54. The Bertz CT molecular complexity index is 901. The van der Waals surface area contributed by atoms with E-state index in [1.807, 2.05) is 12.1 Å². The van der Waals surface area contributed by atoms with Crippen LogP contribution >= 0.6 is 11.8 Å². The summed E-state index contributed by atoms with van der Waals surface area (Å²) in [5.74, 6) is 1.59. The van der Waals surface area contributed by atoms with E-state index in [4.69, 9.17) is 9.47 Å². The van der Waals surface area contributed by atoms with Crippen LogP contribution in [-0.2, 0) is 9.53 Å². The van der Waals surface area contributed by atoms with Gasteiger partial charge in [-0.3, -0.25) is 10.1 Å². The lowest BCUT2D eigenvalue weighted by Gasteiger charge is -2.13. The molecule has 0 heterocycles. The average molecular weight is 417 g/mol. The number of carbonyl (C=O) groups excluding carboxylic acids is 2. The van der Waals surface area contributed by atoms with Gasteiger partial charge in [0.25, 0.3) is 0 Å². The first-order chi connectivity index (χ1) is 14.0. The van der Waals surface area contributed by atoms with Crippen LogP contribution in [0.15, 0.2) is 47.5 Å². The number of hydrogen-bond acceptors (Lipinski definition) is 7. The summed E-state index contributed by atoms with van der Waals surface area (Å²) in [6.07, 6.45) is 1.44. The highest BCUT2D eigenvalue weighted by molar-refractivity contribution is 8.13. The highest BCUT2D eigenvalue weighted by Gasteiger charge is 2.11. The van der Waals surface area contributed by atoms with Gasteiger partial charge in [-0.2, -0.15) is 0 Å². The van der Waals surface area contributed by atoms with E-state index in [0.717, 1.165) is 0 Å². The first-order valence-electron chi connectivity index (χ1n) is 8.72. The van der Waals surface area contributed by atoms with Crippen molar-refractivity contribution >= 4 is 40.3 Å².